The third-order valence-corrected chi connectivity index (χ3v) is 4.35. The molecule has 10 heteroatoms. The summed E-state index contributed by atoms with van der Waals surface area (Å²) >= 11 is 0. The van der Waals surface area contributed by atoms with E-state index in [4.69, 9.17) is 9.47 Å². The molecule has 0 atom stereocenters. The molecule has 0 unspecified atom stereocenters. The van der Waals surface area contributed by atoms with Gasteiger partial charge >= 0.3 is 11.9 Å². The molecule has 0 aliphatic rings. The summed E-state index contributed by atoms with van der Waals surface area (Å²) in [5, 5.41) is 6.67. The van der Waals surface area contributed by atoms with Crippen LogP contribution in [-0.4, -0.2) is 50.6 Å². The molecule has 0 spiro atoms. The Hall–Kier alpha value is -3.82. The number of benzene rings is 1. The lowest BCUT2D eigenvalue weighted by molar-refractivity contribution is -0.146. The molecule has 2 aromatic heterocycles. The fraction of sp³-hybridized carbons (Fsp3) is 0.300. The Balaban J connectivity index is 1.54. The van der Waals surface area contributed by atoms with Crippen molar-refractivity contribution < 1.29 is 23.9 Å². The number of ether oxygens (including phenoxy) is 2. The Bertz CT molecular complexity index is 1090. The molecule has 1 N–H and O–H groups in total. The zero-order valence-electron chi connectivity index (χ0n) is 16.8. The number of carbonyl (C=O) groups excluding carboxylic acids is 3. The van der Waals surface area contributed by atoms with Gasteiger partial charge in [0.25, 0.3) is 11.7 Å². The maximum atomic E-state index is 12.2. The number of esters is 2. The maximum absolute atomic E-state index is 12.2. The van der Waals surface area contributed by atoms with E-state index < -0.39 is 24.5 Å². The monoisotopic (exact) mass is 411 g/mol. The number of hydrogen-bond donors (Lipinski definition) is 1. The minimum Gasteiger partial charge on any atom is -0.462 e. The standard InChI is InChI=1S/C20H21N5O5/c1-4-29-19(28)14-5-7-15(8-6-14)24-17(26)10-30-18(27)9-16-12(2)23-20-21-11-22-25(20)13(16)3/h5-8,11H,4,9-10H2,1-3H3,(H,24,26). The smallest absolute Gasteiger partial charge is 0.338 e. The molecule has 0 saturated heterocycles. The Kier molecular flexibility index (Phi) is 6.35. The van der Waals surface area contributed by atoms with Crippen LogP contribution >= 0.6 is 0 Å². The first-order chi connectivity index (χ1) is 14.4. The van der Waals surface area contributed by atoms with Gasteiger partial charge in [0.2, 0.25) is 0 Å². The number of aryl methyl sites for hydroxylation is 2. The Morgan fingerprint density at radius 2 is 1.83 bits per heavy atom. The summed E-state index contributed by atoms with van der Waals surface area (Å²) in [6.45, 7) is 5.16. The maximum Gasteiger partial charge on any atom is 0.338 e. The zero-order valence-corrected chi connectivity index (χ0v) is 16.8. The molecule has 0 saturated carbocycles. The molecule has 0 radical (unpaired) electrons. The molecule has 156 valence electrons. The van der Waals surface area contributed by atoms with Crippen LogP contribution in [0.15, 0.2) is 30.6 Å². The summed E-state index contributed by atoms with van der Waals surface area (Å²) in [5.74, 6) is -1.04. The van der Waals surface area contributed by atoms with Gasteiger partial charge in [-0.25, -0.2) is 14.3 Å². The Morgan fingerprint density at radius 1 is 1.10 bits per heavy atom. The van der Waals surface area contributed by atoms with Crippen molar-refractivity contribution in [3.8, 4) is 0 Å². The van der Waals surface area contributed by atoms with Gasteiger partial charge in [-0.1, -0.05) is 0 Å². The molecule has 1 aromatic carbocycles. The van der Waals surface area contributed by atoms with Crippen molar-refractivity contribution in [2.24, 2.45) is 0 Å². The number of carbonyl (C=O) groups is 3. The van der Waals surface area contributed by atoms with Crippen molar-refractivity contribution in [2.75, 3.05) is 18.5 Å². The molecule has 10 nitrogen and oxygen atoms in total. The first-order valence-electron chi connectivity index (χ1n) is 9.27. The number of aromatic nitrogens is 4. The van der Waals surface area contributed by atoms with E-state index in [9.17, 15) is 14.4 Å². The molecule has 0 aliphatic heterocycles. The van der Waals surface area contributed by atoms with Crippen LogP contribution in [0.1, 0.15) is 34.2 Å². The van der Waals surface area contributed by atoms with E-state index in [2.05, 4.69) is 20.4 Å². The molecular formula is C20H21N5O5. The lowest BCUT2D eigenvalue weighted by Gasteiger charge is -2.10. The number of rotatable bonds is 7. The van der Waals surface area contributed by atoms with Crippen molar-refractivity contribution in [1.29, 1.82) is 0 Å². The first kappa shape index (κ1) is 20.9. The summed E-state index contributed by atoms with van der Waals surface area (Å²) in [6, 6.07) is 6.21. The third kappa shape index (κ3) is 4.77. The van der Waals surface area contributed by atoms with Crippen LogP contribution in [-0.2, 0) is 25.5 Å². The van der Waals surface area contributed by atoms with E-state index in [1.807, 2.05) is 6.92 Å². The van der Waals surface area contributed by atoms with E-state index in [0.29, 0.717) is 28.3 Å². The zero-order chi connectivity index (χ0) is 21.7. The minimum atomic E-state index is -0.560. The summed E-state index contributed by atoms with van der Waals surface area (Å²) in [6.07, 6.45) is 1.35. The lowest BCUT2D eigenvalue weighted by atomic mass is 10.1. The molecule has 3 aromatic rings. The number of fused-ring (bicyclic) bond motifs is 1. The first-order valence-corrected chi connectivity index (χ1v) is 9.27. The van der Waals surface area contributed by atoms with Crippen LogP contribution in [0.4, 0.5) is 5.69 Å². The lowest BCUT2D eigenvalue weighted by Crippen LogP contribution is -2.22. The second-order valence-corrected chi connectivity index (χ2v) is 6.42. The van der Waals surface area contributed by atoms with Gasteiger partial charge in [0.15, 0.2) is 6.61 Å². The van der Waals surface area contributed by atoms with Gasteiger partial charge in [0, 0.05) is 22.6 Å². The van der Waals surface area contributed by atoms with Crippen molar-refractivity contribution in [3.63, 3.8) is 0 Å². The second kappa shape index (κ2) is 9.12. The summed E-state index contributed by atoms with van der Waals surface area (Å²) in [5.41, 5.74) is 2.91. The molecule has 30 heavy (non-hydrogen) atoms. The number of hydrogen-bond acceptors (Lipinski definition) is 8. The molecule has 1 amide bonds. The number of amides is 1. The van der Waals surface area contributed by atoms with E-state index in [-0.39, 0.29) is 13.0 Å². The molecule has 0 bridgehead atoms. The normalized spacial score (nSPS) is 10.6. The van der Waals surface area contributed by atoms with Crippen LogP contribution in [0.5, 0.6) is 0 Å². The van der Waals surface area contributed by atoms with Crippen molar-refractivity contribution in [1.82, 2.24) is 19.6 Å². The molecule has 0 aliphatic carbocycles. The highest BCUT2D eigenvalue weighted by atomic mass is 16.5. The molecule has 3 rings (SSSR count). The Labute approximate surface area is 172 Å². The van der Waals surface area contributed by atoms with Crippen molar-refractivity contribution >= 4 is 29.3 Å². The SMILES string of the molecule is CCOC(=O)c1ccc(NC(=O)COC(=O)Cc2c(C)nc3ncnn3c2C)cc1. The molecule has 0 fully saturated rings. The van der Waals surface area contributed by atoms with Gasteiger partial charge in [-0.2, -0.15) is 10.1 Å². The number of nitrogens with one attached hydrogen (secondary N) is 1. The van der Waals surface area contributed by atoms with E-state index in [1.165, 1.54) is 6.33 Å². The predicted molar refractivity (Wildman–Crippen MR) is 106 cm³/mol. The van der Waals surface area contributed by atoms with E-state index in [0.717, 1.165) is 5.69 Å². The van der Waals surface area contributed by atoms with E-state index >= 15 is 0 Å². The quantitative estimate of drug-likeness (QED) is 0.582. The van der Waals surface area contributed by atoms with E-state index in [1.54, 1.807) is 42.6 Å². The number of nitrogens with zero attached hydrogens (tertiary/aromatic N) is 4. The highest BCUT2D eigenvalue weighted by Crippen LogP contribution is 2.14. The van der Waals surface area contributed by atoms with Crippen LogP contribution in [0.25, 0.3) is 5.78 Å². The average Bonchev–Trinajstić information content (AvgIpc) is 3.19. The highest BCUT2D eigenvalue weighted by molar-refractivity contribution is 5.94. The van der Waals surface area contributed by atoms with Gasteiger partial charge in [-0.15, -0.1) is 0 Å². The van der Waals surface area contributed by atoms with Gasteiger partial charge in [-0.3, -0.25) is 9.59 Å². The van der Waals surface area contributed by atoms with Crippen molar-refractivity contribution in [2.45, 2.75) is 27.2 Å². The summed E-state index contributed by atoms with van der Waals surface area (Å²) in [4.78, 5) is 44.2. The topological polar surface area (TPSA) is 125 Å². The Morgan fingerprint density at radius 3 is 2.53 bits per heavy atom. The predicted octanol–water partition coefficient (Wildman–Crippen LogP) is 1.64. The summed E-state index contributed by atoms with van der Waals surface area (Å²) in [7, 11) is 0. The second-order valence-electron chi connectivity index (χ2n) is 6.42. The highest BCUT2D eigenvalue weighted by Gasteiger charge is 2.16. The average molecular weight is 411 g/mol. The van der Waals surface area contributed by atoms with Gasteiger partial charge < -0.3 is 14.8 Å². The van der Waals surface area contributed by atoms with Crippen LogP contribution in [0.2, 0.25) is 0 Å². The van der Waals surface area contributed by atoms with Crippen LogP contribution < -0.4 is 5.32 Å². The fourth-order valence-corrected chi connectivity index (χ4v) is 2.85. The van der Waals surface area contributed by atoms with Crippen LogP contribution in [0.3, 0.4) is 0 Å². The van der Waals surface area contributed by atoms with Crippen molar-refractivity contribution in [3.05, 3.63) is 53.1 Å². The fourth-order valence-electron chi connectivity index (χ4n) is 2.85. The largest absolute Gasteiger partial charge is 0.462 e. The molecular weight excluding hydrogens is 390 g/mol. The molecule has 2 heterocycles. The minimum absolute atomic E-state index is 0.0397. The third-order valence-electron chi connectivity index (χ3n) is 4.35. The van der Waals surface area contributed by atoms with Gasteiger partial charge in [-0.05, 0) is 45.0 Å². The summed E-state index contributed by atoms with van der Waals surface area (Å²) < 4.78 is 11.5. The van der Waals surface area contributed by atoms with Gasteiger partial charge in [0.1, 0.15) is 6.33 Å². The van der Waals surface area contributed by atoms with Crippen LogP contribution in [0, 0.1) is 13.8 Å². The number of anilines is 1. The van der Waals surface area contributed by atoms with Gasteiger partial charge in [0.05, 0.1) is 18.6 Å².